The summed E-state index contributed by atoms with van der Waals surface area (Å²) in [5, 5.41) is 10.8. The Bertz CT molecular complexity index is 1420. The summed E-state index contributed by atoms with van der Waals surface area (Å²) < 4.78 is 7.44. The van der Waals surface area contributed by atoms with E-state index in [9.17, 15) is 4.79 Å². The molecule has 1 aliphatic heterocycles. The first kappa shape index (κ1) is 22.1. The van der Waals surface area contributed by atoms with Crippen LogP contribution in [0, 0.1) is 0 Å². The number of nitrogens with zero attached hydrogens (tertiary/aromatic N) is 4. The summed E-state index contributed by atoms with van der Waals surface area (Å²) in [6.07, 6.45) is 5.51. The van der Waals surface area contributed by atoms with Crippen LogP contribution in [0.4, 0.5) is 5.69 Å². The fraction of sp³-hybridized carbons (Fsp3) is 0.0690. The first-order valence-corrected chi connectivity index (χ1v) is 11.3. The Hall–Kier alpha value is -4.71. The minimum atomic E-state index is -0.166. The van der Waals surface area contributed by atoms with Crippen molar-refractivity contribution in [2.24, 2.45) is 5.10 Å². The highest BCUT2D eigenvalue weighted by molar-refractivity contribution is 6.32. The van der Waals surface area contributed by atoms with E-state index in [1.807, 2.05) is 109 Å². The summed E-state index contributed by atoms with van der Waals surface area (Å²) in [7, 11) is 0. The van der Waals surface area contributed by atoms with Gasteiger partial charge in [0.2, 0.25) is 0 Å². The molecule has 0 atom stereocenters. The van der Waals surface area contributed by atoms with Crippen LogP contribution in [0.5, 0.6) is 5.75 Å². The molecular weight excluding hydrogens is 436 g/mol. The summed E-state index contributed by atoms with van der Waals surface area (Å²) in [5.41, 5.74) is 5.35. The summed E-state index contributed by atoms with van der Waals surface area (Å²) in [4.78, 5) is 13.3. The van der Waals surface area contributed by atoms with Crippen molar-refractivity contribution in [2.45, 2.75) is 6.92 Å². The molecule has 4 aromatic rings. The maximum atomic E-state index is 13.3. The van der Waals surface area contributed by atoms with Crippen molar-refractivity contribution in [3.63, 3.8) is 0 Å². The molecule has 3 aromatic carbocycles. The lowest BCUT2D eigenvalue weighted by Crippen LogP contribution is -2.21. The van der Waals surface area contributed by atoms with Gasteiger partial charge in [-0.15, -0.1) is 0 Å². The van der Waals surface area contributed by atoms with E-state index in [4.69, 9.17) is 9.84 Å². The van der Waals surface area contributed by atoms with Crippen LogP contribution in [0.2, 0.25) is 0 Å². The van der Waals surface area contributed by atoms with Crippen LogP contribution < -0.4 is 9.75 Å². The van der Waals surface area contributed by atoms with E-state index < -0.39 is 0 Å². The Kier molecular flexibility index (Phi) is 6.09. The van der Waals surface area contributed by atoms with E-state index >= 15 is 0 Å². The third kappa shape index (κ3) is 4.54. The van der Waals surface area contributed by atoms with Crippen LogP contribution in [0.15, 0.2) is 114 Å². The van der Waals surface area contributed by atoms with Crippen molar-refractivity contribution < 1.29 is 9.53 Å². The predicted octanol–water partition coefficient (Wildman–Crippen LogP) is 5.91. The fourth-order valence-corrected chi connectivity index (χ4v) is 3.88. The number of hydrogen-bond acceptors (Lipinski definition) is 4. The highest BCUT2D eigenvalue weighted by Gasteiger charge is 2.29. The van der Waals surface area contributed by atoms with Crippen molar-refractivity contribution in [3.05, 3.63) is 115 Å². The number of amides is 1. The maximum Gasteiger partial charge on any atom is 0.280 e. The number of hydrazone groups is 1. The van der Waals surface area contributed by atoms with E-state index in [1.54, 1.807) is 6.08 Å². The molecule has 0 saturated heterocycles. The summed E-state index contributed by atoms with van der Waals surface area (Å²) in [6.45, 7) is 5.97. The smallest absolute Gasteiger partial charge is 0.280 e. The van der Waals surface area contributed by atoms with E-state index in [1.165, 1.54) is 5.01 Å². The zero-order valence-electron chi connectivity index (χ0n) is 19.3. The Labute approximate surface area is 204 Å². The zero-order chi connectivity index (χ0) is 24.2. The van der Waals surface area contributed by atoms with Gasteiger partial charge in [-0.3, -0.25) is 4.79 Å². The maximum absolute atomic E-state index is 13.3. The van der Waals surface area contributed by atoms with Crippen molar-refractivity contribution in [3.8, 4) is 22.7 Å². The predicted molar refractivity (Wildman–Crippen MR) is 140 cm³/mol. The second-order valence-corrected chi connectivity index (χ2v) is 8.03. The number of hydrogen-bond donors (Lipinski definition) is 0. The molecule has 0 N–H and O–H groups in total. The van der Waals surface area contributed by atoms with Crippen LogP contribution in [-0.4, -0.2) is 28.0 Å². The largest absolute Gasteiger partial charge is 0.490 e. The van der Waals surface area contributed by atoms with Gasteiger partial charge in [-0.25, -0.2) is 4.68 Å². The topological polar surface area (TPSA) is 59.7 Å². The summed E-state index contributed by atoms with van der Waals surface area (Å²) in [6, 6.07) is 27.0. The quantitative estimate of drug-likeness (QED) is 0.254. The molecule has 0 saturated carbocycles. The van der Waals surface area contributed by atoms with Gasteiger partial charge in [-0.2, -0.15) is 15.2 Å². The van der Waals surface area contributed by atoms with Gasteiger partial charge < -0.3 is 4.74 Å². The molecule has 0 aliphatic carbocycles. The van der Waals surface area contributed by atoms with E-state index in [-0.39, 0.29) is 5.91 Å². The molecule has 1 aromatic heterocycles. The van der Waals surface area contributed by atoms with Crippen molar-refractivity contribution in [2.75, 3.05) is 11.6 Å². The second kappa shape index (κ2) is 9.65. The molecule has 0 radical (unpaired) electrons. The minimum absolute atomic E-state index is 0.166. The van der Waals surface area contributed by atoms with Crippen LogP contribution in [0.25, 0.3) is 23.0 Å². The molecule has 0 bridgehead atoms. The third-order valence-electron chi connectivity index (χ3n) is 5.62. The lowest BCUT2D eigenvalue weighted by Gasteiger charge is -2.11. The summed E-state index contributed by atoms with van der Waals surface area (Å²) in [5.74, 6) is 0.587. The molecule has 2 heterocycles. The van der Waals surface area contributed by atoms with E-state index in [0.29, 0.717) is 17.9 Å². The van der Waals surface area contributed by atoms with Gasteiger partial charge in [-0.05, 0) is 61.5 Å². The lowest BCUT2D eigenvalue weighted by molar-refractivity contribution is -0.114. The number of benzene rings is 3. The number of aromatic nitrogens is 2. The molecule has 1 amide bonds. The highest BCUT2D eigenvalue weighted by Crippen LogP contribution is 2.30. The normalized spacial score (nSPS) is 14.3. The van der Waals surface area contributed by atoms with Crippen LogP contribution in [-0.2, 0) is 4.79 Å². The van der Waals surface area contributed by atoms with Gasteiger partial charge in [0, 0.05) is 17.3 Å². The molecule has 35 heavy (non-hydrogen) atoms. The molecule has 5 rings (SSSR count). The minimum Gasteiger partial charge on any atom is -0.490 e. The number of para-hydroxylation sites is 2. The average Bonchev–Trinajstić information content (AvgIpc) is 3.45. The molecule has 172 valence electrons. The van der Waals surface area contributed by atoms with Crippen LogP contribution in [0.1, 0.15) is 12.5 Å². The highest BCUT2D eigenvalue weighted by atomic mass is 16.5. The van der Waals surface area contributed by atoms with Gasteiger partial charge in [0.15, 0.2) is 0 Å². The zero-order valence-corrected chi connectivity index (χ0v) is 19.3. The van der Waals surface area contributed by atoms with Crippen LogP contribution >= 0.6 is 0 Å². The van der Waals surface area contributed by atoms with Gasteiger partial charge in [0.25, 0.3) is 5.91 Å². The molecule has 0 unspecified atom stereocenters. The average molecular weight is 461 g/mol. The first-order valence-electron chi connectivity index (χ1n) is 11.3. The molecule has 0 spiro atoms. The van der Waals surface area contributed by atoms with Gasteiger partial charge in [0.05, 0.1) is 28.4 Å². The lowest BCUT2D eigenvalue weighted by atomic mass is 10.0. The SMILES string of the molecule is C=CCOc1ccc(-c2nn(-c3ccccc3)cc2/C=C2\C(=O)N(c3ccccc3)N=C2C)cc1. The first-order chi connectivity index (χ1) is 17.1. The summed E-state index contributed by atoms with van der Waals surface area (Å²) >= 11 is 0. The number of carbonyl (C=O) groups is 1. The van der Waals surface area contributed by atoms with E-state index in [0.717, 1.165) is 33.9 Å². The molecule has 6 nitrogen and oxygen atoms in total. The number of ether oxygens (including phenoxy) is 1. The molecule has 6 heteroatoms. The third-order valence-corrected chi connectivity index (χ3v) is 5.62. The molecule has 1 aliphatic rings. The van der Waals surface area contributed by atoms with Gasteiger partial charge >= 0.3 is 0 Å². The Morgan fingerprint density at radius 1 is 0.914 bits per heavy atom. The Morgan fingerprint density at radius 3 is 2.23 bits per heavy atom. The van der Waals surface area contributed by atoms with Crippen molar-refractivity contribution >= 4 is 23.4 Å². The molecular formula is C29H24N4O2. The van der Waals surface area contributed by atoms with Crippen molar-refractivity contribution in [1.29, 1.82) is 0 Å². The molecule has 0 fully saturated rings. The standard InChI is InChI=1S/C29H24N4O2/c1-3-18-35-26-16-14-22(15-17-26)28-23(20-32(31-28)24-10-6-4-7-11-24)19-27-21(2)30-33(29(27)34)25-12-8-5-9-13-25/h3-17,19-20H,1,18H2,2H3/b27-19-. The fourth-order valence-electron chi connectivity index (χ4n) is 3.88. The van der Waals surface area contributed by atoms with E-state index in [2.05, 4.69) is 11.7 Å². The Morgan fingerprint density at radius 2 is 1.57 bits per heavy atom. The number of rotatable bonds is 7. The second-order valence-electron chi connectivity index (χ2n) is 8.03. The number of carbonyl (C=O) groups excluding carboxylic acids is 1. The van der Waals surface area contributed by atoms with Gasteiger partial charge in [0.1, 0.15) is 12.4 Å². The number of anilines is 1. The monoisotopic (exact) mass is 460 g/mol. The van der Waals surface area contributed by atoms with Crippen LogP contribution in [0.3, 0.4) is 0 Å². The Balaban J connectivity index is 1.56. The van der Waals surface area contributed by atoms with Crippen molar-refractivity contribution in [1.82, 2.24) is 9.78 Å². The van der Waals surface area contributed by atoms with Gasteiger partial charge in [-0.1, -0.05) is 49.1 Å².